The molecule has 0 amide bonds. The van der Waals surface area contributed by atoms with Crippen molar-refractivity contribution in [3.63, 3.8) is 0 Å². The van der Waals surface area contributed by atoms with Gasteiger partial charge in [0.05, 0.1) is 12.5 Å². The average Bonchev–Trinajstić information content (AvgIpc) is 2.79. The molecule has 4 saturated carbocycles. The van der Waals surface area contributed by atoms with Gasteiger partial charge in [-0.1, -0.05) is 47.1 Å². The fourth-order valence-corrected chi connectivity index (χ4v) is 10.3. The van der Waals surface area contributed by atoms with Crippen LogP contribution in [0.15, 0.2) is 11.6 Å². The van der Waals surface area contributed by atoms with Crippen LogP contribution in [-0.4, -0.2) is 24.6 Å². The highest BCUT2D eigenvalue weighted by atomic mass is 16.5. The molecule has 0 spiro atoms. The van der Waals surface area contributed by atoms with E-state index >= 15 is 0 Å². The first kappa shape index (κ1) is 25.2. The van der Waals surface area contributed by atoms with Gasteiger partial charge in [0.25, 0.3) is 0 Å². The molecule has 0 aromatic carbocycles. The molecule has 4 heteroatoms. The molecule has 5 aliphatic carbocycles. The Morgan fingerprint density at radius 3 is 2.23 bits per heavy atom. The summed E-state index contributed by atoms with van der Waals surface area (Å²) >= 11 is 0. The summed E-state index contributed by atoms with van der Waals surface area (Å²) in [6, 6.07) is 0. The molecule has 0 unspecified atom stereocenters. The van der Waals surface area contributed by atoms with Crippen molar-refractivity contribution in [2.45, 2.75) is 106 Å². The summed E-state index contributed by atoms with van der Waals surface area (Å²) in [5.74, 6) is 0.956. The Hall–Kier alpha value is -1.45. The quantitative estimate of drug-likeness (QED) is 0.390. The summed E-state index contributed by atoms with van der Waals surface area (Å²) in [6.07, 6.45) is 10.3. The number of ketones is 2. The van der Waals surface area contributed by atoms with Gasteiger partial charge in [0.15, 0.2) is 5.78 Å². The molecule has 8 atom stereocenters. The third kappa shape index (κ3) is 3.00. The van der Waals surface area contributed by atoms with E-state index in [9.17, 15) is 14.4 Å². The molecule has 0 radical (unpaired) electrons. The van der Waals surface area contributed by atoms with Crippen LogP contribution in [0.1, 0.15) is 106 Å². The van der Waals surface area contributed by atoms with Gasteiger partial charge in [-0.25, -0.2) is 0 Å². The Bertz CT molecular complexity index is 1020. The number of fused-ring (bicyclic) bond motifs is 7. The molecule has 0 aliphatic heterocycles. The lowest BCUT2D eigenvalue weighted by Gasteiger charge is -2.69. The number of esters is 1. The maximum Gasteiger partial charge on any atom is 0.311 e. The van der Waals surface area contributed by atoms with Gasteiger partial charge in [-0.05, 0) is 97.9 Å². The van der Waals surface area contributed by atoms with Gasteiger partial charge in [-0.15, -0.1) is 0 Å². The second kappa shape index (κ2) is 7.32. The number of Topliss-reactive ketones (excluding diaryl/α,β-unsaturated/α-hetero) is 1. The third-order valence-corrected chi connectivity index (χ3v) is 13.0. The predicted molar refractivity (Wildman–Crippen MR) is 136 cm³/mol. The zero-order valence-electron chi connectivity index (χ0n) is 23.3. The third-order valence-electron chi connectivity index (χ3n) is 13.0. The van der Waals surface area contributed by atoms with Gasteiger partial charge in [-0.2, -0.15) is 0 Å². The van der Waals surface area contributed by atoms with Crippen molar-refractivity contribution in [1.29, 1.82) is 0 Å². The Morgan fingerprint density at radius 2 is 1.57 bits per heavy atom. The van der Waals surface area contributed by atoms with Crippen LogP contribution in [0.4, 0.5) is 0 Å². The van der Waals surface area contributed by atoms with Crippen molar-refractivity contribution >= 4 is 17.5 Å². The summed E-state index contributed by atoms with van der Waals surface area (Å²) in [5, 5.41) is 0. The first-order valence-electron chi connectivity index (χ1n) is 14.0. The number of ether oxygens (including phenoxy) is 1. The fraction of sp³-hybridized carbons (Fsp3) is 0.839. The van der Waals surface area contributed by atoms with Gasteiger partial charge in [0.2, 0.25) is 0 Å². The van der Waals surface area contributed by atoms with Gasteiger partial charge >= 0.3 is 5.97 Å². The lowest BCUT2D eigenvalue weighted by molar-refractivity contribution is -0.182. The van der Waals surface area contributed by atoms with E-state index in [1.54, 1.807) is 0 Å². The minimum Gasteiger partial charge on any atom is -0.469 e. The second-order valence-electron chi connectivity index (χ2n) is 14.9. The maximum absolute atomic E-state index is 14.3. The smallest absolute Gasteiger partial charge is 0.311 e. The van der Waals surface area contributed by atoms with Crippen LogP contribution in [0.5, 0.6) is 0 Å². The lowest BCUT2D eigenvalue weighted by Crippen LogP contribution is -2.65. The zero-order chi connectivity index (χ0) is 25.8. The zero-order valence-corrected chi connectivity index (χ0v) is 23.3. The molecule has 35 heavy (non-hydrogen) atoms. The number of hydrogen-bond acceptors (Lipinski definition) is 4. The van der Waals surface area contributed by atoms with Crippen molar-refractivity contribution in [3.05, 3.63) is 11.6 Å². The van der Waals surface area contributed by atoms with Crippen LogP contribution >= 0.6 is 0 Å². The Morgan fingerprint density at radius 1 is 0.914 bits per heavy atom. The van der Waals surface area contributed by atoms with Crippen LogP contribution in [0.25, 0.3) is 0 Å². The Kier molecular flexibility index (Phi) is 5.27. The molecule has 0 aromatic heterocycles. The standard InChI is InChI=1S/C31H46O4/c1-26(2)21-9-12-30(6)22(29(21,5)11-10-23(26)33)17-20(32)24-19-18-28(4,25(34)35-8)14-13-27(19,3)15-16-31(24,30)7/h17,19,21,24H,9-16,18H2,1-8H3/t19-,21-,24-,27+,28-,29-,30+,31+/m0/s1. The minimum atomic E-state index is -0.514. The van der Waals surface area contributed by atoms with Gasteiger partial charge < -0.3 is 4.74 Å². The average molecular weight is 483 g/mol. The normalized spacial score (nSPS) is 50.7. The highest BCUT2D eigenvalue weighted by molar-refractivity contribution is 5.96. The van der Waals surface area contributed by atoms with E-state index in [0.717, 1.165) is 51.4 Å². The highest BCUT2D eigenvalue weighted by Crippen LogP contribution is 2.74. The number of rotatable bonds is 1. The number of carbonyl (C=O) groups excluding carboxylic acids is 3. The molecule has 5 rings (SSSR count). The Balaban J connectivity index is 1.61. The van der Waals surface area contributed by atoms with E-state index in [1.807, 2.05) is 6.92 Å². The van der Waals surface area contributed by atoms with Gasteiger partial charge in [-0.3, -0.25) is 14.4 Å². The van der Waals surface area contributed by atoms with E-state index in [2.05, 4.69) is 47.6 Å². The van der Waals surface area contributed by atoms with Crippen LogP contribution in [0, 0.1) is 50.2 Å². The predicted octanol–water partition coefficient (Wildman–Crippen LogP) is 6.71. The monoisotopic (exact) mass is 482 g/mol. The van der Waals surface area contributed by atoms with E-state index in [0.29, 0.717) is 12.2 Å². The largest absolute Gasteiger partial charge is 0.469 e. The van der Waals surface area contributed by atoms with Crippen molar-refractivity contribution in [2.75, 3.05) is 7.11 Å². The van der Waals surface area contributed by atoms with Crippen LogP contribution < -0.4 is 0 Å². The lowest BCUT2D eigenvalue weighted by atomic mass is 9.34. The molecule has 0 saturated heterocycles. The Labute approximate surface area is 212 Å². The van der Waals surface area contributed by atoms with E-state index in [-0.39, 0.29) is 56.6 Å². The summed E-state index contributed by atoms with van der Waals surface area (Å²) < 4.78 is 5.24. The maximum atomic E-state index is 14.3. The number of allylic oxidation sites excluding steroid dienone is 2. The molecular weight excluding hydrogens is 436 g/mol. The summed E-state index contributed by atoms with van der Waals surface area (Å²) in [4.78, 5) is 40.0. The minimum absolute atomic E-state index is 0.0577. The first-order chi connectivity index (χ1) is 16.1. The number of methoxy groups -OCH3 is 1. The topological polar surface area (TPSA) is 60.4 Å². The molecule has 4 fully saturated rings. The van der Waals surface area contributed by atoms with Crippen molar-refractivity contribution in [1.82, 2.24) is 0 Å². The fourth-order valence-electron chi connectivity index (χ4n) is 10.3. The van der Waals surface area contributed by atoms with Crippen LogP contribution in [0.3, 0.4) is 0 Å². The summed E-state index contributed by atoms with van der Waals surface area (Å²) in [5.41, 5.74) is 0.268. The number of hydrogen-bond donors (Lipinski definition) is 0. The molecule has 194 valence electrons. The molecule has 0 heterocycles. The van der Waals surface area contributed by atoms with E-state index in [4.69, 9.17) is 4.74 Å². The molecule has 4 nitrogen and oxygen atoms in total. The molecule has 0 aromatic rings. The first-order valence-corrected chi connectivity index (χ1v) is 14.0. The second-order valence-corrected chi connectivity index (χ2v) is 14.9. The molecular formula is C31H46O4. The van der Waals surface area contributed by atoms with Crippen LogP contribution in [0.2, 0.25) is 0 Å². The highest BCUT2D eigenvalue weighted by Gasteiger charge is 2.69. The van der Waals surface area contributed by atoms with Crippen LogP contribution in [-0.2, 0) is 19.1 Å². The van der Waals surface area contributed by atoms with Crippen molar-refractivity contribution in [3.8, 4) is 0 Å². The molecule has 0 bridgehead atoms. The van der Waals surface area contributed by atoms with Gasteiger partial charge in [0, 0.05) is 17.8 Å². The number of carbonyl (C=O) groups is 3. The summed E-state index contributed by atoms with van der Waals surface area (Å²) in [7, 11) is 1.49. The van der Waals surface area contributed by atoms with Gasteiger partial charge in [0.1, 0.15) is 5.78 Å². The molecule has 5 aliphatic rings. The SMILES string of the molecule is COC(=O)[C@@]1(C)CC[C@]2(C)CC[C@]3(C)[C@H](C(=O)C=C4[C@@]5(C)CCC(=O)C(C)(C)[C@@H]5CC[C@]43C)[C@@H]2C1. The molecule has 0 N–H and O–H groups in total. The van der Waals surface area contributed by atoms with E-state index < -0.39 is 5.41 Å². The van der Waals surface area contributed by atoms with Crippen molar-refractivity contribution < 1.29 is 19.1 Å². The van der Waals surface area contributed by atoms with Crippen molar-refractivity contribution in [2.24, 2.45) is 50.2 Å². The van der Waals surface area contributed by atoms with E-state index in [1.165, 1.54) is 12.7 Å². The summed E-state index contributed by atoms with van der Waals surface area (Å²) in [6.45, 7) is 15.9.